The van der Waals surface area contributed by atoms with Gasteiger partial charge in [0.25, 0.3) is 0 Å². The molecule has 19 N–H and O–H groups in total. The molecule has 0 saturated carbocycles. The van der Waals surface area contributed by atoms with Gasteiger partial charge in [0, 0.05) is 46.3 Å². The first-order chi connectivity index (χ1) is 60.1. The molecule has 0 radical (unpaired) electrons. The van der Waals surface area contributed by atoms with Crippen LogP contribution in [-0.4, -0.2) is 193 Å². The lowest BCUT2D eigenvalue weighted by Crippen LogP contribution is -2.65. The van der Waals surface area contributed by atoms with E-state index in [9.17, 15) is 68.8 Å². The molecular formula is C89H96Cl3N9O25S. The first kappa shape index (κ1) is 93.4. The molecule has 674 valence electrons. The summed E-state index contributed by atoms with van der Waals surface area (Å²) in [6.45, 7) is 12.1. The second-order valence-corrected chi connectivity index (χ2v) is 36.1. The van der Waals surface area contributed by atoms with Gasteiger partial charge in [0.05, 0.1) is 51.5 Å². The number of carboxylic acid groups (broad SMARTS) is 1. The zero-order chi connectivity index (χ0) is 91.9. The van der Waals surface area contributed by atoms with Gasteiger partial charge >= 0.3 is 5.97 Å². The van der Waals surface area contributed by atoms with Gasteiger partial charge < -0.3 is 123 Å². The van der Waals surface area contributed by atoms with Crippen molar-refractivity contribution in [3.05, 3.63) is 205 Å². The highest BCUT2D eigenvalue weighted by Crippen LogP contribution is 2.51. The van der Waals surface area contributed by atoms with Gasteiger partial charge in [0.1, 0.15) is 83.4 Å². The van der Waals surface area contributed by atoms with Crippen LogP contribution in [0.4, 0.5) is 0 Å². The van der Waals surface area contributed by atoms with Gasteiger partial charge in [0.15, 0.2) is 39.8 Å². The fourth-order valence-corrected chi connectivity index (χ4v) is 18.9. The van der Waals surface area contributed by atoms with E-state index in [1.807, 2.05) is 50.2 Å². The van der Waals surface area contributed by atoms with E-state index in [0.717, 1.165) is 89.0 Å². The zero-order valence-corrected chi connectivity index (χ0v) is 72.7. The summed E-state index contributed by atoms with van der Waals surface area (Å²) in [7, 11) is -2.82. The molecule has 8 aromatic carbocycles. The Bertz CT molecular complexity index is 5700. The van der Waals surface area contributed by atoms with Gasteiger partial charge in [0.2, 0.25) is 53.4 Å². The average Bonchev–Trinajstić information content (AvgIpc) is 0.762. The number of fused-ring (bicyclic) bond motifs is 15. The molecule has 11 unspecified atom stereocenters. The summed E-state index contributed by atoms with van der Waals surface area (Å²) in [5, 5.41) is 128. The highest BCUT2D eigenvalue weighted by Gasteiger charge is 2.53. The lowest BCUT2D eigenvalue weighted by atomic mass is 9.84. The number of aliphatic carboxylic acids is 1. The third kappa shape index (κ3) is 20.5. The molecule has 34 nitrogen and oxygen atoms in total. The Kier molecular flexibility index (Phi) is 28.2. The number of benzene rings is 8. The number of carbonyl (C=O) groups excluding carboxylic acids is 7. The molecule has 0 aliphatic carbocycles. The lowest BCUT2D eigenvalue weighted by molar-refractivity contribution is -0.332. The van der Waals surface area contributed by atoms with Crippen molar-refractivity contribution in [1.29, 1.82) is 0 Å². The van der Waals surface area contributed by atoms with Crippen molar-refractivity contribution in [3.8, 4) is 68.2 Å². The Morgan fingerprint density at radius 3 is 1.84 bits per heavy atom. The second kappa shape index (κ2) is 38.3. The predicted octanol–water partition coefficient (Wildman–Crippen LogP) is 7.05. The summed E-state index contributed by atoms with van der Waals surface area (Å²) < 4.78 is 70.1. The minimum absolute atomic E-state index is 0.0132. The van der Waals surface area contributed by atoms with Crippen LogP contribution in [0.15, 0.2) is 144 Å². The summed E-state index contributed by atoms with van der Waals surface area (Å²) in [5.41, 5.74) is 5.71. The van der Waals surface area contributed by atoms with E-state index in [1.165, 1.54) is 19.2 Å². The number of nitrogens with one attached hydrogen (secondary N) is 8. The zero-order valence-electron chi connectivity index (χ0n) is 69.6. The van der Waals surface area contributed by atoms with Crippen molar-refractivity contribution in [1.82, 2.24) is 42.5 Å². The molecule has 7 aliphatic heterocycles. The number of hydrogen-bond acceptors (Lipinski definition) is 26. The predicted molar refractivity (Wildman–Crippen MR) is 459 cm³/mol. The maximum absolute atomic E-state index is 16.4. The third-order valence-electron chi connectivity index (χ3n) is 23.0. The number of rotatable bonds is 20. The van der Waals surface area contributed by atoms with E-state index >= 15 is 24.0 Å². The van der Waals surface area contributed by atoms with E-state index in [4.69, 9.17) is 69.0 Å². The molecule has 0 aromatic heterocycles. The number of carbonyl (C=O) groups is 8. The number of nitrogens with two attached hydrogens (primary N) is 1. The number of hydrogen-bond donors (Lipinski definition) is 18. The Balaban J connectivity index is 1.01. The summed E-state index contributed by atoms with van der Waals surface area (Å²) in [4.78, 5) is 119. The number of phenolic OH excluding ortho intramolecular Hbond substituents is 3. The normalized spacial score (nSPS) is 25.9. The van der Waals surface area contributed by atoms with Crippen LogP contribution in [-0.2, 0) is 68.9 Å². The van der Waals surface area contributed by atoms with E-state index in [0.29, 0.717) is 16.1 Å². The van der Waals surface area contributed by atoms with Gasteiger partial charge in [-0.1, -0.05) is 121 Å². The van der Waals surface area contributed by atoms with E-state index < -0.39 is 258 Å². The maximum Gasteiger partial charge on any atom is 0.330 e. The van der Waals surface area contributed by atoms with Crippen LogP contribution in [0.3, 0.4) is 0 Å². The smallest absolute Gasteiger partial charge is 0.330 e. The van der Waals surface area contributed by atoms with Crippen LogP contribution in [0.2, 0.25) is 15.1 Å². The number of aliphatic hydroxyl groups is 5. The largest absolute Gasteiger partial charge is 0.508 e. The standard InChI is InChI=1S/C89H96Cl3N9O25S/c1-38(2)25-56(94-8)81(111)100-71-73(106)47-16-21-60(54(91)29-47)122-63-31-49-32-64(77(63)126-88-78(76(109)75(108)62(124-88)23-24-127(119,120)79-40(4)26-39(3)27-41(79)5)125-66-36-89(7,80(110)42(6)121-66)95-37-43-9-11-44(12-10-43)45-13-18-50(90)19-14-45)123-61-22-17-48(30-55(61)92)74(107)72-86(116)99-70(87(117)118)53-33-51(102)34-59(104)67(53)52-28-46(15-20-58(52)103)68(83(113)101-72)98-84(114)69(49)97-82(112)57(35-65(93)105)96-85(71)115/h9-22,26-34,38,42,56-57,62,66,68-76,78,80,88,94-95,102-104,106-110H,23-25,35-37H2,1-8H3,(H2,93,105)(H,96,115)(H,97,112)(H,98,114)(H,99,116)(H,100,111)(H,101,113)(H,117,118)/t42?,56-,57-,62?,66?,68?,69?,70+,71+,72-,73+,74+,75?,76?,78?,80?,88?,89?/m0/s1. The Hall–Kier alpha value is -11.3. The fraction of sp³-hybridized carbons (Fsp3) is 0.371. The van der Waals surface area contributed by atoms with Crippen molar-refractivity contribution in [3.63, 3.8) is 0 Å². The van der Waals surface area contributed by atoms with Crippen molar-refractivity contribution >= 4 is 92.0 Å². The average molecular weight is 1830 g/mol. The number of aromatic hydroxyl groups is 3. The minimum atomic E-state index is -4.29. The van der Waals surface area contributed by atoms with Gasteiger partial charge in [-0.25, -0.2) is 13.2 Å². The number of aliphatic hydroxyl groups excluding tert-OH is 5. The molecule has 15 rings (SSSR count). The summed E-state index contributed by atoms with van der Waals surface area (Å²) in [6.07, 6.45) is -20.0. The molecule has 127 heavy (non-hydrogen) atoms. The molecule has 11 bridgehead atoms. The second-order valence-electron chi connectivity index (χ2n) is 32.8. The van der Waals surface area contributed by atoms with Crippen molar-refractivity contribution in [2.75, 3.05) is 12.8 Å². The number of sulfone groups is 1. The summed E-state index contributed by atoms with van der Waals surface area (Å²) in [6, 6.07) is 17.3. The van der Waals surface area contributed by atoms with Crippen LogP contribution < -0.4 is 62.5 Å². The topological polar surface area (TPSA) is 530 Å². The Labute approximate surface area is 743 Å². The Morgan fingerprint density at radius 2 is 1.24 bits per heavy atom. The molecule has 7 heterocycles. The van der Waals surface area contributed by atoms with Crippen molar-refractivity contribution < 1.29 is 121 Å². The highest BCUT2D eigenvalue weighted by atomic mass is 35.5. The molecule has 7 amide bonds. The van der Waals surface area contributed by atoms with Crippen LogP contribution >= 0.6 is 34.8 Å². The van der Waals surface area contributed by atoms with Gasteiger partial charge in [-0.15, -0.1) is 0 Å². The number of likely N-dealkylation sites (N-methyl/N-ethyl adjacent to an activating group) is 1. The molecule has 0 spiro atoms. The number of aryl methyl sites for hydroxylation is 3. The molecule has 38 heteroatoms. The number of amides is 7. The first-order valence-electron chi connectivity index (χ1n) is 40.5. The van der Waals surface area contributed by atoms with Gasteiger partial charge in [-0.2, -0.15) is 0 Å². The summed E-state index contributed by atoms with van der Waals surface area (Å²) >= 11 is 20.7. The van der Waals surface area contributed by atoms with E-state index in [1.54, 1.807) is 58.9 Å². The lowest BCUT2D eigenvalue weighted by Gasteiger charge is -2.48. The maximum atomic E-state index is 16.4. The number of carboxylic acids is 1. The van der Waals surface area contributed by atoms with Gasteiger partial charge in [-0.3, -0.25) is 33.6 Å². The quantitative estimate of drug-likeness (QED) is 0.0363. The van der Waals surface area contributed by atoms with Gasteiger partial charge in [-0.05, 0) is 177 Å². The minimum Gasteiger partial charge on any atom is -0.508 e. The highest BCUT2D eigenvalue weighted by molar-refractivity contribution is 7.91. The van der Waals surface area contributed by atoms with Crippen LogP contribution in [0.1, 0.15) is 134 Å². The summed E-state index contributed by atoms with van der Waals surface area (Å²) in [5.74, 6) is -17.1. The number of primary amides is 1. The van der Waals surface area contributed by atoms with E-state index in [2.05, 4.69) is 42.5 Å². The number of ether oxygens (including phenoxy) is 6. The fourth-order valence-electron chi connectivity index (χ4n) is 16.5. The first-order valence-corrected chi connectivity index (χ1v) is 43.3. The Morgan fingerprint density at radius 1 is 0.654 bits per heavy atom. The monoisotopic (exact) mass is 1830 g/mol. The van der Waals surface area contributed by atoms with E-state index in [-0.39, 0.29) is 52.6 Å². The van der Waals surface area contributed by atoms with Crippen LogP contribution in [0.5, 0.6) is 46.0 Å². The molecule has 2 saturated heterocycles. The molecular weight excluding hydrogens is 1730 g/mol. The molecule has 2 fully saturated rings. The number of phenols is 3. The SMILES string of the molecule is CN[C@@H](CC(C)C)C(=O)N[C@H]1C(=O)N[C@@H](CC(N)=O)C(=O)NC2C(=O)NC3C(=O)N[C@H](C(=O)N[C@@H](C(=O)O)c4cc(O)cc(O)c4-c4cc3ccc4O)[C@H](O)c3ccc(c(Cl)c3)Oc3cc2cc(c3OC2OC(CCS(=O)(=O)c3c(C)cc(C)cc3C)C(O)C(O)C2OC2CC(C)(NCc3ccc(-c4ccc(Cl)cc4)cc3)C(O)C(C)O2)Oc2ccc(cc2Cl)[C@H]1O. The molecule has 18 atom stereocenters. The third-order valence-corrected chi connectivity index (χ3v) is 25.9. The molecule has 7 aliphatic rings. The molecule has 8 aromatic rings. The van der Waals surface area contributed by atoms with Crippen LogP contribution in [0.25, 0.3) is 22.3 Å². The van der Waals surface area contributed by atoms with Crippen LogP contribution in [0, 0.1) is 26.7 Å². The number of halogens is 3. The van der Waals surface area contributed by atoms with Crippen molar-refractivity contribution in [2.45, 2.75) is 195 Å². The van der Waals surface area contributed by atoms with Crippen molar-refractivity contribution in [2.24, 2.45) is 11.7 Å².